The van der Waals surface area contributed by atoms with Crippen LogP contribution in [-0.4, -0.2) is 71.4 Å². The zero-order valence-corrected chi connectivity index (χ0v) is 27.7. The van der Waals surface area contributed by atoms with Crippen LogP contribution in [0.25, 0.3) is 0 Å². The fourth-order valence-corrected chi connectivity index (χ4v) is 6.61. The molecule has 9 nitrogen and oxygen atoms in total. The first-order valence-corrected chi connectivity index (χ1v) is 16.2. The summed E-state index contributed by atoms with van der Waals surface area (Å²) in [7, 11) is 1.78. The number of likely N-dealkylation sites (N-methyl/N-ethyl adjacent to an activating group) is 1. The third-order valence-corrected chi connectivity index (χ3v) is 9.51. The molecule has 1 spiro atoms. The minimum absolute atomic E-state index is 0.0246. The van der Waals surface area contributed by atoms with E-state index < -0.39 is 29.3 Å². The molecule has 1 N–H and O–H groups in total. The molecule has 1 unspecified atom stereocenters. The van der Waals surface area contributed by atoms with Gasteiger partial charge in [0, 0.05) is 25.8 Å². The highest BCUT2D eigenvalue weighted by atomic mass is 19.1. The van der Waals surface area contributed by atoms with Crippen molar-refractivity contribution in [2.75, 3.05) is 25.0 Å². The first kappa shape index (κ1) is 33.6. The van der Waals surface area contributed by atoms with Crippen LogP contribution in [0.15, 0.2) is 72.8 Å². The fourth-order valence-electron chi connectivity index (χ4n) is 6.61. The number of aryl methyl sites for hydroxylation is 1. The van der Waals surface area contributed by atoms with E-state index in [9.17, 15) is 23.6 Å². The van der Waals surface area contributed by atoms with Crippen LogP contribution < -0.4 is 10.2 Å². The predicted octanol–water partition coefficient (Wildman–Crippen LogP) is 5.19. The highest BCUT2D eigenvalue weighted by Crippen LogP contribution is 2.42. The van der Waals surface area contributed by atoms with Crippen LogP contribution in [0.5, 0.6) is 0 Å². The van der Waals surface area contributed by atoms with Gasteiger partial charge in [-0.05, 0) is 79.6 Å². The summed E-state index contributed by atoms with van der Waals surface area (Å²) >= 11 is 0. The van der Waals surface area contributed by atoms with Gasteiger partial charge in [0.15, 0.2) is 0 Å². The lowest BCUT2D eigenvalue weighted by Gasteiger charge is -2.45. The van der Waals surface area contributed by atoms with Crippen LogP contribution in [0, 0.1) is 11.7 Å². The number of piperidine rings is 1. The Morgan fingerprint density at radius 2 is 1.64 bits per heavy atom. The number of anilines is 1. The highest BCUT2D eigenvalue weighted by Gasteiger charge is 2.56. The Bertz CT molecular complexity index is 1620. The van der Waals surface area contributed by atoms with Crippen LogP contribution in [0.2, 0.25) is 0 Å². The van der Waals surface area contributed by atoms with Crippen LogP contribution in [0.4, 0.5) is 10.1 Å². The summed E-state index contributed by atoms with van der Waals surface area (Å²) < 4.78 is 20.0. The number of likely N-dealkylation sites (tertiary alicyclic amines) is 1. The molecule has 2 fully saturated rings. The second-order valence-corrected chi connectivity index (χ2v) is 12.7. The van der Waals surface area contributed by atoms with Crippen molar-refractivity contribution in [3.05, 3.63) is 101 Å². The van der Waals surface area contributed by atoms with Gasteiger partial charge in [0.2, 0.25) is 11.8 Å². The molecule has 0 aromatic heterocycles. The van der Waals surface area contributed by atoms with E-state index in [1.807, 2.05) is 70.2 Å². The maximum absolute atomic E-state index is 14.6. The second-order valence-electron chi connectivity index (χ2n) is 12.7. The van der Waals surface area contributed by atoms with E-state index in [1.165, 1.54) is 12.1 Å². The second kappa shape index (κ2) is 13.9. The molecular formula is C37H43FN4O5. The van der Waals surface area contributed by atoms with Crippen molar-refractivity contribution < 1.29 is 28.3 Å². The molecule has 0 bridgehead atoms. The van der Waals surface area contributed by atoms with Gasteiger partial charge in [-0.1, -0.05) is 57.2 Å². The van der Waals surface area contributed by atoms with E-state index in [4.69, 9.17) is 4.74 Å². The lowest BCUT2D eigenvalue weighted by molar-refractivity contribution is -0.139. The standard InChI is InChI=1S/C37H43FN4O5/c1-6-26-12-17-31(38)30(22-26)33(43)39-32(24(2)3)34(44)41-20-18-37(19-21-41)36(46)40(5)25(4)42(37)29-15-13-28(14-16-29)35(45)47-23-27-10-8-7-9-11-27/h7-17,22,24-25,32H,6,18-21,23H2,1-5H3,(H,39,43)/t25?,32-/m1/s1. The van der Waals surface area contributed by atoms with Crippen molar-refractivity contribution in [1.29, 1.82) is 0 Å². The van der Waals surface area contributed by atoms with Gasteiger partial charge in [-0.2, -0.15) is 0 Å². The summed E-state index contributed by atoms with van der Waals surface area (Å²) in [5.74, 6) is -2.22. The molecule has 0 saturated carbocycles. The number of nitrogens with one attached hydrogen (secondary N) is 1. The molecule has 3 aromatic carbocycles. The number of amides is 3. The van der Waals surface area contributed by atoms with Gasteiger partial charge in [0.05, 0.1) is 11.1 Å². The van der Waals surface area contributed by atoms with E-state index >= 15 is 0 Å². The molecule has 2 heterocycles. The Balaban J connectivity index is 1.28. The Labute approximate surface area is 275 Å². The monoisotopic (exact) mass is 642 g/mol. The minimum Gasteiger partial charge on any atom is -0.457 e. The Morgan fingerprint density at radius 1 is 0.979 bits per heavy atom. The minimum atomic E-state index is -0.874. The molecule has 2 atom stereocenters. The zero-order chi connectivity index (χ0) is 33.9. The summed E-state index contributed by atoms with van der Waals surface area (Å²) in [4.78, 5) is 58.9. The molecule has 248 valence electrons. The number of esters is 1. The van der Waals surface area contributed by atoms with Crippen molar-refractivity contribution in [2.45, 2.75) is 71.3 Å². The van der Waals surface area contributed by atoms with Crippen molar-refractivity contribution >= 4 is 29.4 Å². The summed E-state index contributed by atoms with van der Waals surface area (Å²) in [6.07, 6.45) is 1.17. The zero-order valence-electron chi connectivity index (χ0n) is 27.7. The summed E-state index contributed by atoms with van der Waals surface area (Å²) in [6, 6.07) is 20.1. The molecule has 0 aliphatic carbocycles. The van der Waals surface area contributed by atoms with Crippen LogP contribution in [-0.2, 0) is 27.4 Å². The van der Waals surface area contributed by atoms with Crippen molar-refractivity contribution in [3.8, 4) is 0 Å². The van der Waals surface area contributed by atoms with Gasteiger partial charge in [0.1, 0.15) is 30.2 Å². The lowest BCUT2D eigenvalue weighted by atomic mass is 9.84. The van der Waals surface area contributed by atoms with Crippen molar-refractivity contribution in [2.24, 2.45) is 5.92 Å². The average Bonchev–Trinajstić information content (AvgIpc) is 3.26. The van der Waals surface area contributed by atoms with Gasteiger partial charge < -0.3 is 24.8 Å². The molecule has 3 amide bonds. The number of carbonyl (C=O) groups is 4. The summed E-state index contributed by atoms with van der Waals surface area (Å²) in [5.41, 5.74) is 1.97. The normalized spacial score (nSPS) is 18.1. The smallest absolute Gasteiger partial charge is 0.338 e. The Morgan fingerprint density at radius 3 is 2.26 bits per heavy atom. The predicted molar refractivity (Wildman–Crippen MR) is 177 cm³/mol. The van der Waals surface area contributed by atoms with E-state index in [-0.39, 0.29) is 36.1 Å². The topological polar surface area (TPSA) is 99.3 Å². The number of nitrogens with zero attached hydrogens (tertiary/aromatic N) is 3. The SMILES string of the molecule is CCc1ccc(F)c(C(=O)N[C@@H](C(=O)N2CCC3(CC2)C(=O)N(C)C(C)N3c2ccc(C(=O)OCc3ccccc3)cc2)C(C)C)c1. The number of hydrogen-bond acceptors (Lipinski definition) is 6. The van der Waals surface area contributed by atoms with Crippen LogP contribution >= 0.6 is 0 Å². The largest absolute Gasteiger partial charge is 0.457 e. The molecule has 2 saturated heterocycles. The van der Waals surface area contributed by atoms with Gasteiger partial charge >= 0.3 is 5.97 Å². The molecule has 3 aromatic rings. The number of carbonyl (C=O) groups excluding carboxylic acids is 4. The quantitative estimate of drug-likeness (QED) is 0.323. The first-order chi connectivity index (χ1) is 22.5. The number of benzene rings is 3. The number of hydrogen-bond donors (Lipinski definition) is 1. The van der Waals surface area contributed by atoms with Crippen LogP contribution in [0.1, 0.15) is 72.4 Å². The Kier molecular flexibility index (Phi) is 9.98. The summed E-state index contributed by atoms with van der Waals surface area (Å²) in [5, 5.41) is 2.78. The highest BCUT2D eigenvalue weighted by molar-refractivity contribution is 5.98. The van der Waals surface area contributed by atoms with Crippen molar-refractivity contribution in [1.82, 2.24) is 15.1 Å². The number of ether oxygens (including phenoxy) is 1. The molecule has 10 heteroatoms. The number of halogens is 1. The van der Waals surface area contributed by atoms with Gasteiger partial charge in [-0.25, -0.2) is 9.18 Å². The Hall–Kier alpha value is -4.73. The average molecular weight is 643 g/mol. The van der Waals surface area contributed by atoms with E-state index in [1.54, 1.807) is 35.0 Å². The van der Waals surface area contributed by atoms with Crippen molar-refractivity contribution in [3.63, 3.8) is 0 Å². The van der Waals surface area contributed by atoms with E-state index in [2.05, 4.69) is 10.2 Å². The van der Waals surface area contributed by atoms with Crippen LogP contribution in [0.3, 0.4) is 0 Å². The molecular weight excluding hydrogens is 599 g/mol. The molecule has 0 radical (unpaired) electrons. The fraction of sp³-hybridized carbons (Fsp3) is 0.405. The molecule has 5 rings (SSSR count). The maximum atomic E-state index is 14.6. The van der Waals surface area contributed by atoms with E-state index in [0.29, 0.717) is 37.9 Å². The molecule has 2 aliphatic rings. The molecule has 47 heavy (non-hydrogen) atoms. The third kappa shape index (κ3) is 6.73. The van der Waals surface area contributed by atoms with Gasteiger partial charge in [0.25, 0.3) is 5.91 Å². The van der Waals surface area contributed by atoms with Gasteiger partial charge in [-0.3, -0.25) is 14.4 Å². The lowest BCUT2D eigenvalue weighted by Crippen LogP contribution is -2.60. The van der Waals surface area contributed by atoms with E-state index in [0.717, 1.165) is 16.8 Å². The molecule has 2 aliphatic heterocycles. The number of rotatable bonds is 9. The van der Waals surface area contributed by atoms with Gasteiger partial charge in [-0.15, -0.1) is 0 Å². The summed E-state index contributed by atoms with van der Waals surface area (Å²) in [6.45, 7) is 8.36. The third-order valence-electron chi connectivity index (χ3n) is 9.51. The first-order valence-electron chi connectivity index (χ1n) is 16.2. The maximum Gasteiger partial charge on any atom is 0.338 e.